The quantitative estimate of drug-likeness (QED) is 0.651. The molecule has 0 spiro atoms. The monoisotopic (exact) mass is 336 g/mol. The van der Waals surface area contributed by atoms with Crippen molar-refractivity contribution in [2.24, 2.45) is 0 Å². The van der Waals surface area contributed by atoms with Gasteiger partial charge in [-0.25, -0.2) is 0 Å². The average Bonchev–Trinajstić information content (AvgIpc) is 2.53. The highest BCUT2D eigenvalue weighted by Gasteiger charge is 2.31. The molecule has 1 aromatic rings. The first kappa shape index (κ1) is 17.9. The van der Waals surface area contributed by atoms with Crippen molar-refractivity contribution in [3.63, 3.8) is 0 Å². The van der Waals surface area contributed by atoms with E-state index in [1.54, 1.807) is 12.1 Å². The van der Waals surface area contributed by atoms with Gasteiger partial charge in [-0.05, 0) is 12.0 Å². The van der Waals surface area contributed by atoms with Crippen LogP contribution in [0.3, 0.4) is 0 Å². The Hall–Kier alpha value is -2.48. The summed E-state index contributed by atoms with van der Waals surface area (Å²) < 4.78 is 5.25. The molecule has 1 unspecified atom stereocenters. The van der Waals surface area contributed by atoms with Crippen LogP contribution in [0.15, 0.2) is 18.2 Å². The number of amides is 1. The normalized spacial score (nSPS) is 17.8. The molecule has 1 saturated heterocycles. The zero-order chi connectivity index (χ0) is 17.9. The van der Waals surface area contributed by atoms with Crippen LogP contribution in [0.25, 0.3) is 0 Å². The molecule has 1 atom stereocenters. The van der Waals surface area contributed by atoms with Gasteiger partial charge in [0, 0.05) is 23.7 Å². The summed E-state index contributed by atoms with van der Waals surface area (Å²) in [5.41, 5.74) is 0.642. The Morgan fingerprint density at radius 1 is 1.46 bits per heavy atom. The molecular formula is C16H20N2O6. The maximum absolute atomic E-state index is 12.7. The average molecular weight is 336 g/mol. The summed E-state index contributed by atoms with van der Waals surface area (Å²) in [6.45, 7) is 4.40. The predicted molar refractivity (Wildman–Crippen MR) is 85.1 cm³/mol. The van der Waals surface area contributed by atoms with Gasteiger partial charge in [-0.15, -0.1) is 0 Å². The molecule has 1 fully saturated rings. The summed E-state index contributed by atoms with van der Waals surface area (Å²) in [6, 6.07) is 3.83. The molecule has 1 amide bonds. The van der Waals surface area contributed by atoms with Crippen molar-refractivity contribution in [1.82, 2.24) is 4.90 Å². The van der Waals surface area contributed by atoms with Gasteiger partial charge in [0.15, 0.2) is 0 Å². The van der Waals surface area contributed by atoms with Crippen LogP contribution in [0.5, 0.6) is 0 Å². The first-order valence-electron chi connectivity index (χ1n) is 7.70. The Bertz CT molecular complexity index is 658. The third kappa shape index (κ3) is 3.88. The number of nitro groups is 1. The summed E-state index contributed by atoms with van der Waals surface area (Å²) in [5.74, 6) is -1.48. The molecule has 24 heavy (non-hydrogen) atoms. The van der Waals surface area contributed by atoms with Crippen LogP contribution in [0.4, 0.5) is 5.69 Å². The predicted octanol–water partition coefficient (Wildman–Crippen LogP) is 2.03. The number of benzene rings is 1. The van der Waals surface area contributed by atoms with Gasteiger partial charge >= 0.3 is 5.97 Å². The van der Waals surface area contributed by atoms with Crippen molar-refractivity contribution in [3.8, 4) is 0 Å². The number of nitrogens with zero attached hydrogens (tertiary/aromatic N) is 2. The van der Waals surface area contributed by atoms with Gasteiger partial charge in [0.05, 0.1) is 30.6 Å². The largest absolute Gasteiger partial charge is 0.481 e. The fourth-order valence-electron chi connectivity index (χ4n) is 2.78. The van der Waals surface area contributed by atoms with E-state index >= 15 is 0 Å². The Morgan fingerprint density at radius 3 is 2.75 bits per heavy atom. The van der Waals surface area contributed by atoms with Gasteiger partial charge in [-0.3, -0.25) is 19.7 Å². The van der Waals surface area contributed by atoms with Gasteiger partial charge in [-0.2, -0.15) is 0 Å². The van der Waals surface area contributed by atoms with Gasteiger partial charge in [0.1, 0.15) is 0 Å². The Balaban J connectivity index is 2.32. The van der Waals surface area contributed by atoms with E-state index in [-0.39, 0.29) is 36.7 Å². The van der Waals surface area contributed by atoms with Crippen LogP contribution >= 0.6 is 0 Å². The van der Waals surface area contributed by atoms with Crippen molar-refractivity contribution in [1.29, 1.82) is 0 Å². The van der Waals surface area contributed by atoms with E-state index < -0.39 is 22.8 Å². The molecule has 8 heteroatoms. The highest BCUT2D eigenvalue weighted by molar-refractivity contribution is 5.95. The molecule has 0 aliphatic carbocycles. The highest BCUT2D eigenvalue weighted by Crippen LogP contribution is 2.28. The maximum Gasteiger partial charge on any atom is 0.305 e. The minimum absolute atomic E-state index is 0.0438. The fraction of sp³-hybridized carbons (Fsp3) is 0.500. The van der Waals surface area contributed by atoms with Gasteiger partial charge in [0.2, 0.25) is 0 Å². The SMILES string of the molecule is CC(C)c1ccc(C(=O)N2CCOCC2CC(=O)O)cc1[N+](=O)[O-]. The number of nitro benzene ring substituents is 1. The van der Waals surface area contributed by atoms with E-state index in [1.807, 2.05) is 13.8 Å². The molecule has 1 aliphatic heterocycles. The molecule has 0 radical (unpaired) electrons. The van der Waals surface area contributed by atoms with E-state index in [4.69, 9.17) is 9.84 Å². The van der Waals surface area contributed by atoms with Crippen LogP contribution in [-0.4, -0.2) is 52.6 Å². The molecule has 130 valence electrons. The third-order valence-corrected chi connectivity index (χ3v) is 3.99. The topological polar surface area (TPSA) is 110 Å². The Kier molecular flexibility index (Phi) is 5.50. The van der Waals surface area contributed by atoms with Crippen LogP contribution in [0, 0.1) is 10.1 Å². The van der Waals surface area contributed by atoms with E-state index in [9.17, 15) is 19.7 Å². The fourth-order valence-corrected chi connectivity index (χ4v) is 2.78. The zero-order valence-corrected chi connectivity index (χ0v) is 13.6. The highest BCUT2D eigenvalue weighted by atomic mass is 16.6. The number of hydrogen-bond donors (Lipinski definition) is 1. The van der Waals surface area contributed by atoms with Crippen molar-refractivity contribution in [3.05, 3.63) is 39.4 Å². The number of ether oxygens (including phenoxy) is 1. The van der Waals surface area contributed by atoms with Crippen LogP contribution in [-0.2, 0) is 9.53 Å². The summed E-state index contributed by atoms with van der Waals surface area (Å²) in [4.78, 5) is 35.8. The van der Waals surface area contributed by atoms with Crippen molar-refractivity contribution < 1.29 is 24.4 Å². The minimum atomic E-state index is -1.02. The molecule has 0 saturated carbocycles. The van der Waals surface area contributed by atoms with Crippen molar-refractivity contribution in [2.45, 2.75) is 32.2 Å². The molecule has 1 N–H and O–H groups in total. The number of rotatable bonds is 5. The summed E-state index contributed by atoms with van der Waals surface area (Å²) in [7, 11) is 0. The van der Waals surface area contributed by atoms with Gasteiger partial charge < -0.3 is 14.7 Å². The van der Waals surface area contributed by atoms with Crippen molar-refractivity contribution >= 4 is 17.6 Å². The number of carbonyl (C=O) groups is 2. The van der Waals surface area contributed by atoms with Crippen LogP contribution in [0.1, 0.15) is 42.1 Å². The number of carboxylic acid groups (broad SMARTS) is 1. The van der Waals surface area contributed by atoms with Gasteiger partial charge in [-0.1, -0.05) is 19.9 Å². The molecule has 1 aromatic carbocycles. The molecule has 0 bridgehead atoms. The lowest BCUT2D eigenvalue weighted by atomic mass is 9.98. The van der Waals surface area contributed by atoms with Crippen LogP contribution in [0.2, 0.25) is 0 Å². The summed E-state index contributed by atoms with van der Waals surface area (Å²) >= 11 is 0. The second-order valence-electron chi connectivity index (χ2n) is 6.01. The minimum Gasteiger partial charge on any atom is -0.481 e. The smallest absolute Gasteiger partial charge is 0.305 e. The van der Waals surface area contributed by atoms with E-state index in [0.717, 1.165) is 0 Å². The Morgan fingerprint density at radius 2 is 2.17 bits per heavy atom. The first-order valence-corrected chi connectivity index (χ1v) is 7.70. The van der Waals surface area contributed by atoms with Crippen LogP contribution < -0.4 is 0 Å². The second kappa shape index (κ2) is 7.39. The standard InChI is InChI=1S/C16H20N2O6/c1-10(2)13-4-3-11(7-14(13)18(22)23)16(21)17-5-6-24-9-12(17)8-15(19)20/h3-4,7,10,12H,5-6,8-9H2,1-2H3,(H,19,20). The lowest BCUT2D eigenvalue weighted by molar-refractivity contribution is -0.385. The Labute approximate surface area is 139 Å². The van der Waals surface area contributed by atoms with E-state index in [0.29, 0.717) is 12.2 Å². The lowest BCUT2D eigenvalue weighted by Gasteiger charge is -2.34. The molecular weight excluding hydrogens is 316 g/mol. The number of carbonyl (C=O) groups excluding carboxylic acids is 1. The number of morpholine rings is 1. The molecule has 2 rings (SSSR count). The summed E-state index contributed by atoms with van der Waals surface area (Å²) in [6.07, 6.45) is -0.224. The molecule has 1 aliphatic rings. The zero-order valence-electron chi connectivity index (χ0n) is 13.6. The lowest BCUT2D eigenvalue weighted by Crippen LogP contribution is -2.49. The van der Waals surface area contributed by atoms with E-state index in [2.05, 4.69) is 0 Å². The van der Waals surface area contributed by atoms with E-state index in [1.165, 1.54) is 11.0 Å². The molecule has 0 aromatic heterocycles. The summed E-state index contributed by atoms with van der Waals surface area (Å²) in [5, 5.41) is 20.2. The first-order chi connectivity index (χ1) is 11.3. The third-order valence-electron chi connectivity index (χ3n) is 3.99. The maximum atomic E-state index is 12.7. The number of carboxylic acids is 1. The second-order valence-corrected chi connectivity index (χ2v) is 6.01. The van der Waals surface area contributed by atoms with Crippen molar-refractivity contribution in [2.75, 3.05) is 19.8 Å². The number of hydrogen-bond acceptors (Lipinski definition) is 5. The molecule has 8 nitrogen and oxygen atoms in total. The van der Waals surface area contributed by atoms with Gasteiger partial charge in [0.25, 0.3) is 11.6 Å². The number of aliphatic carboxylic acids is 1. The molecule has 1 heterocycles.